The number of H-pyrrole nitrogens is 1. The predicted octanol–water partition coefficient (Wildman–Crippen LogP) is 3.74. The molecule has 0 radical (unpaired) electrons. The van der Waals surface area contributed by atoms with E-state index in [0.29, 0.717) is 40.6 Å². The number of hydrogen-bond donors (Lipinski definition) is 3. The van der Waals surface area contributed by atoms with Crippen molar-refractivity contribution in [2.75, 3.05) is 11.3 Å². The SMILES string of the molecule is CCOc1ccc(S(=O)(=O)Nc2cccc(CO)c2)cc1-c1nc2c(C3CCCC3)nc(C)n2c(=O)[nH]1. The molecule has 0 amide bonds. The van der Waals surface area contributed by atoms with E-state index in [1.54, 1.807) is 37.3 Å². The van der Waals surface area contributed by atoms with Gasteiger partial charge in [-0.15, -0.1) is 0 Å². The van der Waals surface area contributed by atoms with Gasteiger partial charge in [0.15, 0.2) is 5.65 Å². The van der Waals surface area contributed by atoms with Gasteiger partial charge in [0.2, 0.25) is 0 Å². The van der Waals surface area contributed by atoms with Crippen LogP contribution in [-0.4, -0.2) is 39.5 Å². The number of anilines is 1. The lowest BCUT2D eigenvalue weighted by atomic mass is 10.0. The van der Waals surface area contributed by atoms with E-state index in [9.17, 15) is 18.3 Å². The van der Waals surface area contributed by atoms with Crippen LogP contribution in [0.5, 0.6) is 5.75 Å². The smallest absolute Gasteiger partial charge is 0.334 e. The third-order valence-corrected chi connectivity index (χ3v) is 7.99. The number of sulfonamides is 1. The zero-order valence-corrected chi connectivity index (χ0v) is 21.5. The van der Waals surface area contributed by atoms with Gasteiger partial charge in [0, 0.05) is 11.6 Å². The summed E-state index contributed by atoms with van der Waals surface area (Å²) in [5.74, 6) is 1.41. The average Bonchev–Trinajstić information content (AvgIpc) is 3.52. The Kier molecular flexibility index (Phi) is 6.74. The molecule has 37 heavy (non-hydrogen) atoms. The van der Waals surface area contributed by atoms with Crippen molar-refractivity contribution in [3.05, 3.63) is 70.0 Å². The standard InChI is InChI=1S/C26H29N5O5S/c1-3-36-22-12-11-20(37(34,35)30-19-10-6-7-17(13-19)15-32)14-21(22)24-28-25-23(18-8-4-5-9-18)27-16(2)31(25)26(33)29-24/h6-7,10-14,18,30,32H,3-5,8-9,15H2,1-2H3,(H,28,29,33). The van der Waals surface area contributed by atoms with E-state index >= 15 is 0 Å². The first kappa shape index (κ1) is 25.0. The van der Waals surface area contributed by atoms with Crippen LogP contribution < -0.4 is 15.1 Å². The fourth-order valence-corrected chi connectivity index (χ4v) is 5.95. The molecule has 1 aliphatic carbocycles. The van der Waals surface area contributed by atoms with Gasteiger partial charge in [0.1, 0.15) is 17.4 Å². The molecule has 0 atom stereocenters. The van der Waals surface area contributed by atoms with Gasteiger partial charge < -0.3 is 9.84 Å². The summed E-state index contributed by atoms with van der Waals surface area (Å²) in [4.78, 5) is 25.3. The van der Waals surface area contributed by atoms with Crippen molar-refractivity contribution in [2.24, 2.45) is 0 Å². The number of aromatic amines is 1. The quantitative estimate of drug-likeness (QED) is 0.320. The Morgan fingerprint density at radius 1 is 1.16 bits per heavy atom. The lowest BCUT2D eigenvalue weighted by Gasteiger charge is -2.14. The van der Waals surface area contributed by atoms with Crippen LogP contribution in [-0.2, 0) is 16.6 Å². The maximum Gasteiger partial charge on any atom is 0.334 e. The number of rotatable bonds is 8. The summed E-state index contributed by atoms with van der Waals surface area (Å²) in [7, 11) is -3.99. The Morgan fingerprint density at radius 3 is 2.68 bits per heavy atom. The number of hydrogen-bond acceptors (Lipinski definition) is 7. The summed E-state index contributed by atoms with van der Waals surface area (Å²) in [6.45, 7) is 3.73. The van der Waals surface area contributed by atoms with E-state index < -0.39 is 15.7 Å². The minimum atomic E-state index is -3.99. The van der Waals surface area contributed by atoms with Crippen molar-refractivity contribution >= 4 is 21.4 Å². The van der Waals surface area contributed by atoms with Gasteiger partial charge >= 0.3 is 5.69 Å². The Hall–Kier alpha value is -3.70. The molecule has 194 valence electrons. The van der Waals surface area contributed by atoms with Gasteiger partial charge in [0.25, 0.3) is 10.0 Å². The second-order valence-electron chi connectivity index (χ2n) is 9.13. The lowest BCUT2D eigenvalue weighted by molar-refractivity contribution is 0.282. The molecule has 0 spiro atoms. The molecule has 0 unspecified atom stereocenters. The highest BCUT2D eigenvalue weighted by Crippen LogP contribution is 2.36. The number of ether oxygens (including phenoxy) is 1. The largest absolute Gasteiger partial charge is 0.493 e. The fourth-order valence-electron chi connectivity index (χ4n) is 4.87. The fraction of sp³-hybridized carbons (Fsp3) is 0.346. The molecule has 0 aliphatic heterocycles. The van der Waals surface area contributed by atoms with E-state index in [4.69, 9.17) is 9.72 Å². The molecule has 2 heterocycles. The maximum atomic E-state index is 13.2. The zero-order valence-electron chi connectivity index (χ0n) is 20.7. The molecule has 1 aliphatic rings. The number of aromatic nitrogens is 4. The summed E-state index contributed by atoms with van der Waals surface area (Å²) in [5, 5.41) is 9.38. The van der Waals surface area contributed by atoms with E-state index in [0.717, 1.165) is 31.4 Å². The maximum absolute atomic E-state index is 13.2. The van der Waals surface area contributed by atoms with Gasteiger partial charge in [0.05, 0.1) is 29.4 Å². The number of aliphatic hydroxyl groups is 1. The molecule has 10 nitrogen and oxygen atoms in total. The van der Waals surface area contributed by atoms with Gasteiger partial charge in [-0.2, -0.15) is 0 Å². The first-order chi connectivity index (χ1) is 17.8. The van der Waals surface area contributed by atoms with Crippen LogP contribution in [0, 0.1) is 6.92 Å². The number of aryl methyl sites for hydroxylation is 1. The molecule has 5 rings (SSSR count). The molecule has 3 N–H and O–H groups in total. The molecule has 0 bridgehead atoms. The van der Waals surface area contributed by atoms with Crippen LogP contribution in [0.2, 0.25) is 0 Å². The Bertz CT molecular complexity index is 1620. The molecule has 2 aromatic carbocycles. The van der Waals surface area contributed by atoms with Crippen LogP contribution in [0.15, 0.2) is 52.2 Å². The van der Waals surface area contributed by atoms with Crippen LogP contribution >= 0.6 is 0 Å². The number of nitrogens with one attached hydrogen (secondary N) is 2. The van der Waals surface area contributed by atoms with Crippen LogP contribution in [0.1, 0.15) is 55.6 Å². The van der Waals surface area contributed by atoms with Gasteiger partial charge in [-0.1, -0.05) is 25.0 Å². The summed E-state index contributed by atoms with van der Waals surface area (Å²) in [6, 6.07) is 11.0. The molecular weight excluding hydrogens is 494 g/mol. The molecular formula is C26H29N5O5S. The van der Waals surface area contributed by atoms with E-state index in [1.165, 1.54) is 16.5 Å². The lowest BCUT2D eigenvalue weighted by Crippen LogP contribution is -2.20. The molecule has 2 aromatic heterocycles. The molecule has 4 aromatic rings. The van der Waals surface area contributed by atoms with Gasteiger partial charge in [-0.3, -0.25) is 9.71 Å². The van der Waals surface area contributed by atoms with Crippen molar-refractivity contribution in [1.29, 1.82) is 0 Å². The third kappa shape index (κ3) is 4.84. The first-order valence-corrected chi connectivity index (χ1v) is 13.8. The number of benzene rings is 2. The van der Waals surface area contributed by atoms with Crippen LogP contribution in [0.4, 0.5) is 5.69 Å². The Labute approximate surface area is 214 Å². The van der Waals surface area contributed by atoms with Crippen LogP contribution in [0.3, 0.4) is 0 Å². The monoisotopic (exact) mass is 523 g/mol. The Balaban J connectivity index is 1.62. The molecule has 1 fully saturated rings. The first-order valence-electron chi connectivity index (χ1n) is 12.3. The summed E-state index contributed by atoms with van der Waals surface area (Å²) in [5.41, 5.74) is 2.14. The van der Waals surface area contributed by atoms with Gasteiger partial charge in [-0.05, 0) is 62.6 Å². The van der Waals surface area contributed by atoms with Crippen molar-refractivity contribution in [3.8, 4) is 17.1 Å². The number of imidazole rings is 1. The minimum Gasteiger partial charge on any atom is -0.493 e. The van der Waals surface area contributed by atoms with Crippen molar-refractivity contribution in [3.63, 3.8) is 0 Å². The topological polar surface area (TPSA) is 139 Å². The molecule has 11 heteroatoms. The predicted molar refractivity (Wildman–Crippen MR) is 139 cm³/mol. The van der Waals surface area contributed by atoms with Crippen molar-refractivity contribution in [2.45, 2.75) is 57.0 Å². The van der Waals surface area contributed by atoms with Crippen LogP contribution in [0.25, 0.3) is 17.0 Å². The average molecular weight is 524 g/mol. The third-order valence-electron chi connectivity index (χ3n) is 6.61. The highest BCUT2D eigenvalue weighted by molar-refractivity contribution is 7.92. The highest BCUT2D eigenvalue weighted by atomic mass is 32.2. The number of nitrogens with zero attached hydrogens (tertiary/aromatic N) is 3. The van der Waals surface area contributed by atoms with E-state index in [2.05, 4.69) is 14.7 Å². The highest BCUT2D eigenvalue weighted by Gasteiger charge is 2.26. The summed E-state index contributed by atoms with van der Waals surface area (Å²) in [6.07, 6.45) is 4.22. The normalized spacial score (nSPS) is 14.4. The second-order valence-corrected chi connectivity index (χ2v) is 10.8. The van der Waals surface area contributed by atoms with Gasteiger partial charge in [-0.25, -0.2) is 27.6 Å². The summed E-state index contributed by atoms with van der Waals surface area (Å²) < 4.78 is 36.3. The van der Waals surface area contributed by atoms with Crippen molar-refractivity contribution < 1.29 is 18.3 Å². The molecule has 1 saturated carbocycles. The van der Waals surface area contributed by atoms with Crippen molar-refractivity contribution in [1.82, 2.24) is 19.4 Å². The Morgan fingerprint density at radius 2 is 1.95 bits per heavy atom. The number of aliphatic hydroxyl groups excluding tert-OH is 1. The van der Waals surface area contributed by atoms with E-state index in [1.807, 2.05) is 6.92 Å². The zero-order chi connectivity index (χ0) is 26.2. The van der Waals surface area contributed by atoms with E-state index in [-0.39, 0.29) is 23.2 Å². The second kappa shape index (κ2) is 9.98. The minimum absolute atomic E-state index is 0.0245. The number of fused-ring (bicyclic) bond motifs is 1. The summed E-state index contributed by atoms with van der Waals surface area (Å²) >= 11 is 0. The molecule has 0 saturated heterocycles.